The number of furan rings is 1. The molecule has 0 saturated heterocycles. The molecule has 5 nitrogen and oxygen atoms in total. The topological polar surface area (TPSA) is 60.1 Å². The van der Waals surface area contributed by atoms with Gasteiger partial charge in [0, 0.05) is 18.3 Å². The number of aryl methyl sites for hydroxylation is 1. The van der Waals surface area contributed by atoms with Gasteiger partial charge in [0.1, 0.15) is 0 Å². The lowest BCUT2D eigenvalue weighted by atomic mass is 9.95. The molecule has 0 radical (unpaired) electrons. The molecule has 1 aliphatic rings. The SMILES string of the molecule is Cc1ccn(-c2ccc(C(=O)NC3CCCCC3)o2)n1. The van der Waals surface area contributed by atoms with Crippen molar-refractivity contribution >= 4 is 5.91 Å². The van der Waals surface area contributed by atoms with Crippen LogP contribution in [0, 0.1) is 6.92 Å². The van der Waals surface area contributed by atoms with Crippen molar-refractivity contribution in [3.8, 4) is 5.88 Å². The van der Waals surface area contributed by atoms with Gasteiger partial charge < -0.3 is 9.73 Å². The van der Waals surface area contributed by atoms with Crippen LogP contribution in [0.3, 0.4) is 0 Å². The van der Waals surface area contributed by atoms with E-state index in [1.165, 1.54) is 19.3 Å². The van der Waals surface area contributed by atoms with Crippen LogP contribution in [0.1, 0.15) is 48.4 Å². The Morgan fingerprint density at radius 3 is 2.80 bits per heavy atom. The fourth-order valence-corrected chi connectivity index (χ4v) is 2.61. The Morgan fingerprint density at radius 1 is 1.30 bits per heavy atom. The van der Waals surface area contributed by atoms with Gasteiger partial charge in [-0.3, -0.25) is 4.79 Å². The Bertz CT molecular complexity index is 594. The Balaban J connectivity index is 1.68. The summed E-state index contributed by atoms with van der Waals surface area (Å²) in [5, 5.41) is 7.30. The van der Waals surface area contributed by atoms with Crippen LogP contribution in [-0.2, 0) is 0 Å². The largest absolute Gasteiger partial charge is 0.433 e. The third-order valence-electron chi connectivity index (χ3n) is 3.70. The Morgan fingerprint density at radius 2 is 2.10 bits per heavy atom. The van der Waals surface area contributed by atoms with E-state index < -0.39 is 0 Å². The number of aromatic nitrogens is 2. The molecule has 1 fully saturated rings. The molecule has 2 aromatic rings. The minimum Gasteiger partial charge on any atom is -0.433 e. The van der Waals surface area contributed by atoms with Gasteiger partial charge in [-0.1, -0.05) is 19.3 Å². The van der Waals surface area contributed by atoms with Crippen molar-refractivity contribution in [3.05, 3.63) is 35.9 Å². The van der Waals surface area contributed by atoms with E-state index >= 15 is 0 Å². The van der Waals surface area contributed by atoms with E-state index in [-0.39, 0.29) is 11.9 Å². The molecule has 20 heavy (non-hydrogen) atoms. The van der Waals surface area contributed by atoms with Crippen LogP contribution in [0.4, 0.5) is 0 Å². The molecular formula is C15H19N3O2. The van der Waals surface area contributed by atoms with E-state index in [4.69, 9.17) is 4.42 Å². The first-order chi connectivity index (χ1) is 9.72. The van der Waals surface area contributed by atoms with Gasteiger partial charge >= 0.3 is 0 Å². The second-order valence-corrected chi connectivity index (χ2v) is 5.35. The molecule has 1 amide bonds. The highest BCUT2D eigenvalue weighted by Crippen LogP contribution is 2.18. The summed E-state index contributed by atoms with van der Waals surface area (Å²) in [5.74, 6) is 0.776. The number of nitrogens with one attached hydrogen (secondary N) is 1. The fourth-order valence-electron chi connectivity index (χ4n) is 2.61. The average molecular weight is 273 g/mol. The summed E-state index contributed by atoms with van der Waals surface area (Å²) >= 11 is 0. The molecule has 0 aliphatic heterocycles. The summed E-state index contributed by atoms with van der Waals surface area (Å²) in [5.41, 5.74) is 0.912. The number of amides is 1. The molecule has 0 atom stereocenters. The maximum Gasteiger partial charge on any atom is 0.287 e. The van der Waals surface area contributed by atoms with Gasteiger partial charge in [-0.05, 0) is 31.9 Å². The maximum atomic E-state index is 12.1. The van der Waals surface area contributed by atoms with Crippen molar-refractivity contribution in [2.75, 3.05) is 0 Å². The van der Waals surface area contributed by atoms with E-state index in [0.717, 1.165) is 18.5 Å². The van der Waals surface area contributed by atoms with Crippen molar-refractivity contribution in [1.29, 1.82) is 0 Å². The van der Waals surface area contributed by atoms with Crippen LogP contribution in [0.15, 0.2) is 28.8 Å². The van der Waals surface area contributed by atoms with Gasteiger partial charge in [0.2, 0.25) is 5.88 Å². The Labute approximate surface area is 118 Å². The van der Waals surface area contributed by atoms with Crippen molar-refractivity contribution in [2.24, 2.45) is 0 Å². The third-order valence-corrected chi connectivity index (χ3v) is 3.70. The van der Waals surface area contributed by atoms with E-state index in [2.05, 4.69) is 10.4 Å². The third kappa shape index (κ3) is 2.76. The molecule has 1 N–H and O–H groups in total. The van der Waals surface area contributed by atoms with E-state index in [0.29, 0.717) is 11.6 Å². The number of carbonyl (C=O) groups excluding carboxylic acids is 1. The normalized spacial score (nSPS) is 16.2. The summed E-state index contributed by atoms with van der Waals surface area (Å²) in [6, 6.07) is 5.65. The predicted octanol–water partition coefficient (Wildman–Crippen LogP) is 2.84. The van der Waals surface area contributed by atoms with Crippen LogP contribution >= 0.6 is 0 Å². The van der Waals surface area contributed by atoms with Gasteiger partial charge in [0.15, 0.2) is 5.76 Å². The average Bonchev–Trinajstić information content (AvgIpc) is 3.08. The van der Waals surface area contributed by atoms with Gasteiger partial charge in [0.05, 0.1) is 5.69 Å². The fraction of sp³-hybridized carbons (Fsp3) is 0.467. The van der Waals surface area contributed by atoms with Gasteiger partial charge in [-0.25, -0.2) is 4.68 Å². The molecule has 0 aromatic carbocycles. The molecular weight excluding hydrogens is 254 g/mol. The molecule has 1 saturated carbocycles. The van der Waals surface area contributed by atoms with Crippen LogP contribution in [0.5, 0.6) is 0 Å². The summed E-state index contributed by atoms with van der Waals surface area (Å²) in [4.78, 5) is 12.1. The zero-order chi connectivity index (χ0) is 13.9. The van der Waals surface area contributed by atoms with E-state index in [1.807, 2.05) is 19.2 Å². The Kier molecular flexibility index (Phi) is 3.58. The van der Waals surface area contributed by atoms with Crippen LogP contribution < -0.4 is 5.32 Å². The lowest BCUT2D eigenvalue weighted by Crippen LogP contribution is -2.35. The lowest BCUT2D eigenvalue weighted by Gasteiger charge is -2.22. The molecule has 106 valence electrons. The molecule has 0 bridgehead atoms. The first-order valence-electron chi connectivity index (χ1n) is 7.16. The smallest absolute Gasteiger partial charge is 0.287 e. The number of hydrogen-bond donors (Lipinski definition) is 1. The first kappa shape index (κ1) is 13.0. The standard InChI is InChI=1S/C15H19N3O2/c1-11-9-10-18(17-11)14-8-7-13(20-14)15(19)16-12-5-3-2-4-6-12/h7-10,12H,2-6H2,1H3,(H,16,19). The molecule has 0 unspecified atom stereocenters. The monoisotopic (exact) mass is 273 g/mol. The molecule has 0 spiro atoms. The number of rotatable bonds is 3. The summed E-state index contributed by atoms with van der Waals surface area (Å²) in [6.07, 6.45) is 7.62. The highest BCUT2D eigenvalue weighted by Gasteiger charge is 2.19. The lowest BCUT2D eigenvalue weighted by molar-refractivity contribution is 0.0899. The maximum absolute atomic E-state index is 12.1. The number of hydrogen-bond acceptors (Lipinski definition) is 3. The van der Waals surface area contributed by atoms with Gasteiger partial charge in [-0.2, -0.15) is 5.10 Å². The molecule has 3 rings (SSSR count). The van der Waals surface area contributed by atoms with Crippen molar-refractivity contribution in [3.63, 3.8) is 0 Å². The van der Waals surface area contributed by atoms with Crippen molar-refractivity contribution < 1.29 is 9.21 Å². The molecule has 5 heteroatoms. The van der Waals surface area contributed by atoms with Gasteiger partial charge in [-0.15, -0.1) is 0 Å². The minimum atomic E-state index is -0.132. The zero-order valence-electron chi connectivity index (χ0n) is 11.6. The predicted molar refractivity (Wildman–Crippen MR) is 74.9 cm³/mol. The van der Waals surface area contributed by atoms with Crippen molar-refractivity contribution in [1.82, 2.24) is 15.1 Å². The van der Waals surface area contributed by atoms with E-state index in [9.17, 15) is 4.79 Å². The zero-order valence-corrected chi connectivity index (χ0v) is 11.6. The summed E-state index contributed by atoms with van der Waals surface area (Å²) in [7, 11) is 0. The number of carbonyl (C=O) groups is 1. The van der Waals surface area contributed by atoms with E-state index in [1.54, 1.807) is 16.8 Å². The second-order valence-electron chi connectivity index (χ2n) is 5.35. The summed E-state index contributed by atoms with van der Waals surface area (Å²) < 4.78 is 7.21. The highest BCUT2D eigenvalue weighted by atomic mass is 16.4. The van der Waals surface area contributed by atoms with Crippen LogP contribution in [0.2, 0.25) is 0 Å². The second kappa shape index (κ2) is 5.53. The van der Waals surface area contributed by atoms with Gasteiger partial charge in [0.25, 0.3) is 5.91 Å². The minimum absolute atomic E-state index is 0.132. The van der Waals surface area contributed by atoms with Crippen LogP contribution in [0.25, 0.3) is 5.88 Å². The Hall–Kier alpha value is -2.04. The molecule has 2 aromatic heterocycles. The quantitative estimate of drug-likeness (QED) is 0.935. The summed E-state index contributed by atoms with van der Waals surface area (Å²) in [6.45, 7) is 1.91. The van der Waals surface area contributed by atoms with Crippen molar-refractivity contribution in [2.45, 2.75) is 45.1 Å². The molecule has 1 aliphatic carbocycles. The first-order valence-corrected chi connectivity index (χ1v) is 7.16. The van der Waals surface area contributed by atoms with Crippen LogP contribution in [-0.4, -0.2) is 21.7 Å². The highest BCUT2D eigenvalue weighted by molar-refractivity contribution is 5.91. The number of nitrogens with zero attached hydrogens (tertiary/aromatic N) is 2. The molecule has 2 heterocycles.